The Labute approximate surface area is 165 Å². The molecule has 8 heteroatoms. The summed E-state index contributed by atoms with van der Waals surface area (Å²) in [5.41, 5.74) is 0. The molecule has 1 fully saturated rings. The summed E-state index contributed by atoms with van der Waals surface area (Å²) in [6, 6.07) is 0.621. The van der Waals surface area contributed by atoms with Crippen LogP contribution >= 0.6 is 8.53 Å². The van der Waals surface area contributed by atoms with Gasteiger partial charge in [0.25, 0.3) is 8.53 Å². The van der Waals surface area contributed by atoms with Gasteiger partial charge in [-0.3, -0.25) is 4.79 Å². The monoisotopic (exact) mass is 572 g/mol. The number of hydrogen-bond acceptors (Lipinski definition) is 6. The van der Waals surface area contributed by atoms with Gasteiger partial charge in [-0.25, -0.2) is 11.3 Å². The van der Waals surface area contributed by atoms with E-state index in [0.717, 1.165) is 0 Å². The Bertz CT molecular complexity index is 351. The quantitative estimate of drug-likeness (QED) is 0.253. The minimum absolute atomic E-state index is 0. The fraction of sp³-hybridized carbons (Fsp3) is 0.867. The van der Waals surface area contributed by atoms with Crippen molar-refractivity contribution >= 4 is 14.5 Å². The zero-order chi connectivity index (χ0) is 16.9. The van der Waals surface area contributed by atoms with Crippen molar-refractivity contribution in [2.45, 2.75) is 65.8 Å². The first kappa shape index (κ1) is 23.8. The van der Waals surface area contributed by atoms with E-state index in [9.17, 15) is 4.79 Å². The Balaban J connectivity index is 0.00000484. The second-order valence-corrected chi connectivity index (χ2v) is 7.59. The third kappa shape index (κ3) is 7.28. The Morgan fingerprint density at radius 2 is 1.87 bits per heavy atom. The van der Waals surface area contributed by atoms with Gasteiger partial charge >= 0.3 is 5.97 Å². The molecule has 0 aromatic rings. The molecule has 1 heterocycles. The molecule has 1 saturated heterocycles. The standard InChI is InChI=1S/C15H29NO5P.U/c1-10(2)16(11(3)4)22(18-7)20-9-14-15(21-13(6)17)12(5)8-19-14;/h8,10-12,14-15H,9H2,1-7H3;/q-1;. The van der Waals surface area contributed by atoms with Crippen LogP contribution < -0.4 is 0 Å². The minimum atomic E-state index is -1.17. The zero-order valence-corrected chi connectivity index (χ0v) is 20.2. The summed E-state index contributed by atoms with van der Waals surface area (Å²) in [5.74, 6) is -0.252. The van der Waals surface area contributed by atoms with E-state index >= 15 is 0 Å². The number of rotatable bonds is 8. The predicted octanol–water partition coefficient (Wildman–Crippen LogP) is 3.12. The van der Waals surface area contributed by atoms with Crippen molar-refractivity contribution in [1.82, 2.24) is 4.67 Å². The normalized spacial score (nSPS) is 25.7. The molecule has 0 spiro atoms. The van der Waals surface area contributed by atoms with Crippen molar-refractivity contribution in [2.24, 2.45) is 5.92 Å². The van der Waals surface area contributed by atoms with Crippen molar-refractivity contribution in [3.8, 4) is 0 Å². The second kappa shape index (κ2) is 11.4. The molecule has 0 aliphatic carbocycles. The Morgan fingerprint density at radius 3 is 2.30 bits per heavy atom. The first-order valence-corrected chi connectivity index (χ1v) is 8.82. The summed E-state index contributed by atoms with van der Waals surface area (Å²) in [6.45, 7) is 13.9. The van der Waals surface area contributed by atoms with Crippen molar-refractivity contribution in [1.29, 1.82) is 0 Å². The van der Waals surface area contributed by atoms with E-state index in [4.69, 9.17) is 18.5 Å². The Kier molecular flexibility index (Phi) is 11.8. The van der Waals surface area contributed by atoms with Crippen LogP contribution in [0.3, 0.4) is 0 Å². The molecular formula is C15H29NO5PU-. The molecule has 134 valence electrons. The van der Waals surface area contributed by atoms with Gasteiger partial charge in [0.15, 0.2) is 0 Å². The number of hydrogen-bond donors (Lipinski definition) is 0. The second-order valence-electron chi connectivity index (χ2n) is 6.03. The van der Waals surface area contributed by atoms with Crippen LogP contribution in [0.15, 0.2) is 0 Å². The van der Waals surface area contributed by atoms with Gasteiger partial charge in [0.1, 0.15) is 6.10 Å². The van der Waals surface area contributed by atoms with E-state index in [1.54, 1.807) is 13.7 Å². The fourth-order valence-electron chi connectivity index (χ4n) is 2.55. The zero-order valence-electron chi connectivity index (χ0n) is 15.1. The number of esters is 1. The Hall–Kier alpha value is 0.792. The molecule has 6 nitrogen and oxygen atoms in total. The predicted molar refractivity (Wildman–Crippen MR) is 85.9 cm³/mol. The molecule has 0 aromatic carbocycles. The molecule has 1 aliphatic heterocycles. The smallest absolute Gasteiger partial charge is 0.302 e. The molecule has 0 N–H and O–H groups in total. The largest absolute Gasteiger partial charge is 0.545 e. The number of nitrogens with zero attached hydrogens (tertiary/aromatic N) is 1. The molecule has 1 rings (SSSR count). The van der Waals surface area contributed by atoms with Crippen LogP contribution in [0.4, 0.5) is 0 Å². The van der Waals surface area contributed by atoms with E-state index in [1.165, 1.54) is 6.92 Å². The number of carbonyl (C=O) groups excluding carboxylic acids is 1. The molecule has 0 radical (unpaired) electrons. The van der Waals surface area contributed by atoms with Crippen LogP contribution in [0.25, 0.3) is 0 Å². The van der Waals surface area contributed by atoms with Gasteiger partial charge in [0.05, 0.1) is 12.7 Å². The molecule has 0 amide bonds. The molecule has 23 heavy (non-hydrogen) atoms. The SMILES string of the molecule is COP(OCC1O[CH-]C(C)C1OC(C)=O)N(C(C)C)C(C)C.[U]. The summed E-state index contributed by atoms with van der Waals surface area (Å²) in [4.78, 5) is 11.2. The fourth-order valence-corrected chi connectivity index (χ4v) is 4.01. The van der Waals surface area contributed by atoms with Crippen molar-refractivity contribution in [2.75, 3.05) is 13.7 Å². The Morgan fingerprint density at radius 1 is 1.30 bits per heavy atom. The van der Waals surface area contributed by atoms with Gasteiger partial charge in [-0.2, -0.15) is 0 Å². The third-order valence-electron chi connectivity index (χ3n) is 3.41. The van der Waals surface area contributed by atoms with Gasteiger partial charge < -0.3 is 18.5 Å². The van der Waals surface area contributed by atoms with Crippen molar-refractivity contribution in [3.63, 3.8) is 0 Å². The van der Waals surface area contributed by atoms with Crippen molar-refractivity contribution < 1.29 is 54.4 Å². The molecule has 4 atom stereocenters. The van der Waals surface area contributed by atoms with Crippen LogP contribution in [-0.4, -0.2) is 48.6 Å². The van der Waals surface area contributed by atoms with Gasteiger partial charge in [-0.15, -0.1) is 5.92 Å². The molecule has 4 unspecified atom stereocenters. The average Bonchev–Trinajstić information content (AvgIpc) is 2.74. The van der Waals surface area contributed by atoms with Gasteiger partial charge in [-0.1, -0.05) is 6.92 Å². The van der Waals surface area contributed by atoms with E-state index < -0.39 is 8.53 Å². The summed E-state index contributed by atoms with van der Waals surface area (Å²) in [5, 5.41) is 0. The first-order chi connectivity index (χ1) is 10.3. The average molecular weight is 572 g/mol. The maximum Gasteiger partial charge on any atom is 0.302 e. The maximum atomic E-state index is 11.2. The van der Waals surface area contributed by atoms with E-state index in [1.807, 2.05) is 6.92 Å². The molecular weight excluding hydrogens is 543 g/mol. The van der Waals surface area contributed by atoms with Crippen LogP contribution in [0, 0.1) is 43.6 Å². The third-order valence-corrected chi connectivity index (χ3v) is 5.39. The topological polar surface area (TPSA) is 57.2 Å². The summed E-state index contributed by atoms with van der Waals surface area (Å²) < 4.78 is 24.6. The summed E-state index contributed by atoms with van der Waals surface area (Å²) in [7, 11) is 0.478. The molecule has 0 saturated carbocycles. The molecule has 1 aliphatic rings. The van der Waals surface area contributed by atoms with Gasteiger partial charge in [0.2, 0.25) is 0 Å². The molecule has 0 aromatic heterocycles. The maximum absolute atomic E-state index is 11.2. The van der Waals surface area contributed by atoms with E-state index in [0.29, 0.717) is 18.7 Å². The first-order valence-electron chi connectivity index (χ1n) is 7.69. The van der Waals surface area contributed by atoms with Crippen LogP contribution in [0.2, 0.25) is 0 Å². The van der Waals surface area contributed by atoms with E-state index in [-0.39, 0.29) is 55.2 Å². The summed E-state index contributed by atoms with van der Waals surface area (Å²) in [6.07, 6.45) is -0.599. The van der Waals surface area contributed by atoms with Gasteiger partial charge in [-0.05, 0) is 27.7 Å². The van der Waals surface area contributed by atoms with Crippen LogP contribution in [0.1, 0.15) is 41.5 Å². The number of ether oxygens (including phenoxy) is 2. The van der Waals surface area contributed by atoms with Crippen molar-refractivity contribution in [3.05, 3.63) is 6.61 Å². The van der Waals surface area contributed by atoms with Crippen LogP contribution in [0.5, 0.6) is 0 Å². The molecule has 0 bridgehead atoms. The number of carbonyl (C=O) groups is 1. The van der Waals surface area contributed by atoms with Gasteiger partial charge in [0, 0.05) is 57.2 Å². The van der Waals surface area contributed by atoms with E-state index in [2.05, 4.69) is 32.4 Å². The minimum Gasteiger partial charge on any atom is -0.545 e. The summed E-state index contributed by atoms with van der Waals surface area (Å²) >= 11 is 0. The van der Waals surface area contributed by atoms with Crippen LogP contribution in [-0.2, 0) is 23.3 Å².